The first-order chi connectivity index (χ1) is 8.15. The highest BCUT2D eigenvalue weighted by atomic mass is 35.5. The van der Waals surface area contributed by atoms with Gasteiger partial charge in [0.25, 0.3) is 0 Å². The fraction of sp³-hybridized carbons (Fsp3) is 0.167. The lowest BCUT2D eigenvalue weighted by Gasteiger charge is -2.04. The second-order valence-electron chi connectivity index (χ2n) is 3.76. The van der Waals surface area contributed by atoms with E-state index >= 15 is 0 Å². The molecule has 4 nitrogen and oxygen atoms in total. The number of hydrogen-bond donors (Lipinski definition) is 2. The summed E-state index contributed by atoms with van der Waals surface area (Å²) >= 11 is 5.85. The number of halogens is 1. The lowest BCUT2D eigenvalue weighted by molar-refractivity contribution is -0.115. The molecule has 0 atom stereocenters. The van der Waals surface area contributed by atoms with Gasteiger partial charge in [-0.25, -0.2) is 0 Å². The van der Waals surface area contributed by atoms with E-state index in [9.17, 15) is 4.79 Å². The van der Waals surface area contributed by atoms with Gasteiger partial charge in [-0.3, -0.25) is 9.89 Å². The van der Waals surface area contributed by atoms with Crippen LogP contribution >= 0.6 is 11.6 Å². The number of aromatic nitrogens is 2. The normalized spacial score (nSPS) is 10.2. The third-order valence-corrected chi connectivity index (χ3v) is 2.59. The zero-order valence-corrected chi connectivity index (χ0v) is 10.1. The molecule has 0 saturated heterocycles. The van der Waals surface area contributed by atoms with Gasteiger partial charge in [-0.1, -0.05) is 23.7 Å². The number of H-pyrrole nitrogens is 1. The Hall–Kier alpha value is -1.81. The van der Waals surface area contributed by atoms with Crippen molar-refractivity contribution in [3.05, 3.63) is 46.7 Å². The van der Waals surface area contributed by atoms with Gasteiger partial charge in [0.2, 0.25) is 5.91 Å². The Labute approximate surface area is 104 Å². The molecule has 5 heteroatoms. The quantitative estimate of drug-likeness (QED) is 0.878. The number of carbonyl (C=O) groups is 1. The molecule has 1 amide bonds. The van der Waals surface area contributed by atoms with Gasteiger partial charge in [0.1, 0.15) is 0 Å². The van der Waals surface area contributed by atoms with E-state index in [0.717, 1.165) is 11.3 Å². The average molecular weight is 250 g/mol. The minimum absolute atomic E-state index is 0.0863. The van der Waals surface area contributed by atoms with E-state index in [1.54, 1.807) is 18.3 Å². The molecule has 1 aromatic carbocycles. The van der Waals surface area contributed by atoms with Crippen molar-refractivity contribution in [1.82, 2.24) is 10.2 Å². The lowest BCUT2D eigenvalue weighted by Crippen LogP contribution is -2.14. The van der Waals surface area contributed by atoms with Crippen LogP contribution in [0.2, 0.25) is 5.02 Å². The molecular weight excluding hydrogens is 238 g/mol. The molecule has 2 N–H and O–H groups in total. The summed E-state index contributed by atoms with van der Waals surface area (Å²) in [6.07, 6.45) is 1.89. The predicted octanol–water partition coefficient (Wildman–Crippen LogP) is 2.55. The van der Waals surface area contributed by atoms with Gasteiger partial charge in [0.05, 0.1) is 24.0 Å². The van der Waals surface area contributed by atoms with Crippen LogP contribution in [0.25, 0.3) is 0 Å². The number of amides is 1. The predicted molar refractivity (Wildman–Crippen MR) is 67.1 cm³/mol. The van der Waals surface area contributed by atoms with Crippen molar-refractivity contribution in [2.24, 2.45) is 0 Å². The minimum Gasteiger partial charge on any atom is -0.323 e. The molecule has 0 saturated carbocycles. The van der Waals surface area contributed by atoms with Crippen LogP contribution in [-0.2, 0) is 11.2 Å². The number of benzene rings is 1. The Morgan fingerprint density at radius 1 is 1.53 bits per heavy atom. The second kappa shape index (κ2) is 5.01. The van der Waals surface area contributed by atoms with Gasteiger partial charge >= 0.3 is 0 Å². The largest absolute Gasteiger partial charge is 0.323 e. The second-order valence-corrected chi connectivity index (χ2v) is 4.20. The maximum absolute atomic E-state index is 11.7. The highest BCUT2D eigenvalue weighted by molar-refractivity contribution is 6.30. The summed E-state index contributed by atoms with van der Waals surface area (Å²) in [5.41, 5.74) is 2.43. The monoisotopic (exact) mass is 249 g/mol. The van der Waals surface area contributed by atoms with Gasteiger partial charge in [0, 0.05) is 5.02 Å². The zero-order chi connectivity index (χ0) is 12.3. The van der Waals surface area contributed by atoms with Crippen LogP contribution in [0, 0.1) is 6.92 Å². The molecule has 17 heavy (non-hydrogen) atoms. The maximum atomic E-state index is 11.7. The first kappa shape index (κ1) is 11.7. The molecule has 1 heterocycles. The minimum atomic E-state index is -0.0863. The Balaban J connectivity index is 2.01. The van der Waals surface area contributed by atoms with Crippen LogP contribution in [0.15, 0.2) is 30.5 Å². The molecule has 0 aliphatic carbocycles. The number of aryl methyl sites for hydroxylation is 1. The summed E-state index contributed by atoms with van der Waals surface area (Å²) in [5, 5.41) is 10.0. The van der Waals surface area contributed by atoms with Gasteiger partial charge in [0.15, 0.2) is 0 Å². The molecule has 88 valence electrons. The molecule has 0 bridgehead atoms. The van der Waals surface area contributed by atoms with Crippen molar-refractivity contribution in [1.29, 1.82) is 0 Å². The molecule has 2 aromatic rings. The third-order valence-electron chi connectivity index (χ3n) is 2.36. The molecule has 1 aromatic heterocycles. The van der Waals surface area contributed by atoms with Gasteiger partial charge in [-0.15, -0.1) is 0 Å². The van der Waals surface area contributed by atoms with E-state index in [0.29, 0.717) is 17.1 Å². The number of aromatic amines is 1. The smallest absolute Gasteiger partial charge is 0.228 e. The van der Waals surface area contributed by atoms with E-state index in [1.807, 2.05) is 19.1 Å². The fourth-order valence-electron chi connectivity index (χ4n) is 1.50. The number of rotatable bonds is 3. The number of nitrogens with one attached hydrogen (secondary N) is 2. The summed E-state index contributed by atoms with van der Waals surface area (Å²) in [7, 11) is 0. The summed E-state index contributed by atoms with van der Waals surface area (Å²) < 4.78 is 0. The SMILES string of the molecule is Cc1[nH]ncc1NC(=O)Cc1cccc(Cl)c1. The Morgan fingerprint density at radius 3 is 3.00 bits per heavy atom. The highest BCUT2D eigenvalue weighted by Crippen LogP contribution is 2.13. The van der Waals surface area contributed by atoms with Crippen LogP contribution in [0.4, 0.5) is 5.69 Å². The van der Waals surface area contributed by atoms with Crippen LogP contribution in [0.1, 0.15) is 11.3 Å². The Kier molecular flexibility index (Phi) is 3.44. The molecule has 0 spiro atoms. The summed E-state index contributed by atoms with van der Waals surface area (Å²) in [5.74, 6) is -0.0863. The van der Waals surface area contributed by atoms with E-state index in [1.165, 1.54) is 0 Å². The van der Waals surface area contributed by atoms with E-state index in [4.69, 9.17) is 11.6 Å². The summed E-state index contributed by atoms with van der Waals surface area (Å²) in [4.78, 5) is 11.7. The molecule has 0 aliphatic rings. The van der Waals surface area contributed by atoms with E-state index < -0.39 is 0 Å². The van der Waals surface area contributed by atoms with Crippen molar-refractivity contribution in [2.45, 2.75) is 13.3 Å². The van der Waals surface area contributed by atoms with Gasteiger partial charge < -0.3 is 5.32 Å². The number of nitrogens with zero attached hydrogens (tertiary/aromatic N) is 1. The van der Waals surface area contributed by atoms with Crippen molar-refractivity contribution in [2.75, 3.05) is 5.32 Å². The summed E-state index contributed by atoms with van der Waals surface area (Å²) in [6.45, 7) is 1.85. The number of hydrogen-bond acceptors (Lipinski definition) is 2. The van der Waals surface area contributed by atoms with E-state index in [-0.39, 0.29) is 5.91 Å². The first-order valence-corrected chi connectivity index (χ1v) is 5.57. The Morgan fingerprint density at radius 2 is 2.35 bits per heavy atom. The first-order valence-electron chi connectivity index (χ1n) is 5.19. The fourth-order valence-corrected chi connectivity index (χ4v) is 1.72. The molecule has 0 fully saturated rings. The number of anilines is 1. The third kappa shape index (κ3) is 3.07. The van der Waals surface area contributed by atoms with Crippen molar-refractivity contribution < 1.29 is 4.79 Å². The number of carbonyl (C=O) groups excluding carboxylic acids is 1. The standard InChI is InChI=1S/C12H12ClN3O/c1-8-11(7-14-16-8)15-12(17)6-9-3-2-4-10(13)5-9/h2-5,7H,6H2,1H3,(H,14,16)(H,15,17). The molecule has 2 rings (SSSR count). The van der Waals surface area contributed by atoms with Gasteiger partial charge in [-0.05, 0) is 24.6 Å². The average Bonchev–Trinajstić information content (AvgIpc) is 2.64. The lowest BCUT2D eigenvalue weighted by atomic mass is 10.1. The van der Waals surface area contributed by atoms with Crippen LogP contribution in [0.5, 0.6) is 0 Å². The van der Waals surface area contributed by atoms with Crippen LogP contribution in [0.3, 0.4) is 0 Å². The van der Waals surface area contributed by atoms with Crippen molar-refractivity contribution in [3.8, 4) is 0 Å². The maximum Gasteiger partial charge on any atom is 0.228 e. The zero-order valence-electron chi connectivity index (χ0n) is 9.33. The summed E-state index contributed by atoms with van der Waals surface area (Å²) in [6, 6.07) is 7.26. The topological polar surface area (TPSA) is 57.8 Å². The van der Waals surface area contributed by atoms with Crippen molar-refractivity contribution >= 4 is 23.2 Å². The molecular formula is C12H12ClN3O. The molecule has 0 aliphatic heterocycles. The Bertz CT molecular complexity index is 536. The van der Waals surface area contributed by atoms with Crippen LogP contribution < -0.4 is 5.32 Å². The van der Waals surface area contributed by atoms with Gasteiger partial charge in [-0.2, -0.15) is 5.10 Å². The molecule has 0 unspecified atom stereocenters. The van der Waals surface area contributed by atoms with Crippen molar-refractivity contribution in [3.63, 3.8) is 0 Å². The van der Waals surface area contributed by atoms with E-state index in [2.05, 4.69) is 15.5 Å². The molecule has 0 radical (unpaired) electrons. The van der Waals surface area contributed by atoms with Crippen LogP contribution in [-0.4, -0.2) is 16.1 Å². The highest BCUT2D eigenvalue weighted by Gasteiger charge is 2.07.